The van der Waals surface area contributed by atoms with E-state index in [4.69, 9.17) is 4.42 Å². The first kappa shape index (κ1) is 15.1. The summed E-state index contributed by atoms with van der Waals surface area (Å²) >= 11 is 0. The van der Waals surface area contributed by atoms with Gasteiger partial charge < -0.3 is 9.52 Å². The highest BCUT2D eigenvalue weighted by Gasteiger charge is 2.17. The minimum absolute atomic E-state index is 0.0531. The summed E-state index contributed by atoms with van der Waals surface area (Å²) in [6.45, 7) is 3.98. The van der Waals surface area contributed by atoms with Crippen molar-refractivity contribution in [2.45, 2.75) is 20.3 Å². The van der Waals surface area contributed by atoms with Crippen molar-refractivity contribution in [3.8, 4) is 17.1 Å². The molecule has 0 saturated carbocycles. The average molecular weight is 306 g/mol. The van der Waals surface area contributed by atoms with Gasteiger partial charge in [0.25, 0.3) is 0 Å². The molecule has 0 bridgehead atoms. The fourth-order valence-electron chi connectivity index (χ4n) is 2.56. The van der Waals surface area contributed by atoms with Crippen LogP contribution in [0, 0.1) is 0 Å². The van der Waals surface area contributed by atoms with Crippen molar-refractivity contribution < 1.29 is 9.52 Å². The Kier molecular flexibility index (Phi) is 4.02. The second-order valence-electron chi connectivity index (χ2n) is 5.74. The molecule has 0 fully saturated rings. The van der Waals surface area contributed by atoms with E-state index < -0.39 is 0 Å². The van der Waals surface area contributed by atoms with Crippen LogP contribution >= 0.6 is 0 Å². The minimum atomic E-state index is -0.0531. The third-order valence-electron chi connectivity index (χ3n) is 3.75. The Morgan fingerprint density at radius 3 is 2.52 bits per heavy atom. The lowest BCUT2D eigenvalue weighted by atomic mass is 10.0. The summed E-state index contributed by atoms with van der Waals surface area (Å²) in [5.74, 6) is 0.536. The van der Waals surface area contributed by atoms with Gasteiger partial charge in [0.05, 0.1) is 10.9 Å². The number of rotatable bonds is 3. The number of benzene rings is 2. The van der Waals surface area contributed by atoms with E-state index in [0.717, 1.165) is 5.57 Å². The van der Waals surface area contributed by atoms with E-state index in [1.165, 1.54) is 0 Å². The smallest absolute Gasteiger partial charge is 0.196 e. The first-order chi connectivity index (χ1) is 11.1. The van der Waals surface area contributed by atoms with Gasteiger partial charge in [-0.05, 0) is 44.5 Å². The van der Waals surface area contributed by atoms with Crippen molar-refractivity contribution >= 4 is 11.0 Å². The molecule has 0 amide bonds. The molecule has 3 aromatic rings. The first-order valence-corrected chi connectivity index (χ1v) is 7.54. The molecule has 0 aliphatic carbocycles. The molecular formula is C20H18O3. The van der Waals surface area contributed by atoms with Gasteiger partial charge in [-0.3, -0.25) is 4.79 Å². The van der Waals surface area contributed by atoms with Crippen LogP contribution in [0.3, 0.4) is 0 Å². The number of phenolic OH excluding ortho intramolecular Hbond substituents is 1. The molecule has 0 aliphatic heterocycles. The van der Waals surface area contributed by atoms with Crippen LogP contribution in [0.25, 0.3) is 22.3 Å². The molecule has 0 aliphatic rings. The summed E-state index contributed by atoms with van der Waals surface area (Å²) in [7, 11) is 0. The molecule has 3 nitrogen and oxygen atoms in total. The van der Waals surface area contributed by atoms with Crippen LogP contribution in [-0.2, 0) is 6.42 Å². The predicted octanol–water partition coefficient (Wildman–Crippen LogP) is 4.67. The van der Waals surface area contributed by atoms with Gasteiger partial charge in [0.15, 0.2) is 5.43 Å². The van der Waals surface area contributed by atoms with E-state index in [2.05, 4.69) is 0 Å². The molecule has 0 spiro atoms. The van der Waals surface area contributed by atoms with Crippen molar-refractivity contribution in [1.82, 2.24) is 0 Å². The third-order valence-corrected chi connectivity index (χ3v) is 3.75. The van der Waals surface area contributed by atoms with Gasteiger partial charge in [0, 0.05) is 5.56 Å². The Morgan fingerprint density at radius 2 is 1.78 bits per heavy atom. The first-order valence-electron chi connectivity index (χ1n) is 7.54. The van der Waals surface area contributed by atoms with Crippen LogP contribution in [0.1, 0.15) is 19.4 Å². The van der Waals surface area contributed by atoms with Crippen LogP contribution in [0.5, 0.6) is 5.75 Å². The molecule has 1 heterocycles. The number of aromatic hydroxyl groups is 1. The molecule has 0 unspecified atom stereocenters. The molecule has 1 N–H and O–H groups in total. The maximum Gasteiger partial charge on any atom is 0.196 e. The summed E-state index contributed by atoms with van der Waals surface area (Å²) in [4.78, 5) is 12.9. The van der Waals surface area contributed by atoms with E-state index in [-0.39, 0.29) is 11.2 Å². The molecule has 0 atom stereocenters. The van der Waals surface area contributed by atoms with Gasteiger partial charge in [0.2, 0.25) is 0 Å². The summed E-state index contributed by atoms with van der Waals surface area (Å²) in [5, 5.41) is 10.7. The normalized spacial score (nSPS) is 10.7. The van der Waals surface area contributed by atoms with E-state index >= 15 is 0 Å². The fraction of sp³-hybridized carbons (Fsp3) is 0.150. The third kappa shape index (κ3) is 2.90. The highest BCUT2D eigenvalue weighted by molar-refractivity contribution is 5.81. The molecular weight excluding hydrogens is 288 g/mol. The van der Waals surface area contributed by atoms with E-state index in [0.29, 0.717) is 34.3 Å². The van der Waals surface area contributed by atoms with Gasteiger partial charge in [-0.1, -0.05) is 35.9 Å². The summed E-state index contributed by atoms with van der Waals surface area (Å²) in [6, 6.07) is 14.1. The highest BCUT2D eigenvalue weighted by atomic mass is 16.3. The average Bonchev–Trinajstić information content (AvgIpc) is 2.54. The lowest BCUT2D eigenvalue weighted by Gasteiger charge is -2.10. The number of phenols is 1. The Bertz CT molecular complexity index is 945. The van der Waals surface area contributed by atoms with Crippen molar-refractivity contribution in [2.75, 3.05) is 0 Å². The summed E-state index contributed by atoms with van der Waals surface area (Å²) < 4.78 is 5.98. The second-order valence-corrected chi connectivity index (χ2v) is 5.74. The topological polar surface area (TPSA) is 50.4 Å². The highest BCUT2D eigenvalue weighted by Crippen LogP contribution is 2.32. The SMILES string of the molecule is CC(C)=CCc1c(-c2ccccc2O)oc2ccccc2c1=O. The standard InChI is InChI=1S/C20H18O3/c1-13(2)11-12-16-19(22)15-8-4-6-10-18(15)23-20(16)14-7-3-5-9-17(14)21/h3-11,21H,12H2,1-2H3. The van der Waals surface area contributed by atoms with Crippen LogP contribution in [0.4, 0.5) is 0 Å². The summed E-state index contributed by atoms with van der Waals surface area (Å²) in [6.07, 6.45) is 2.46. The maximum atomic E-state index is 12.9. The molecule has 2 aromatic carbocycles. The molecule has 23 heavy (non-hydrogen) atoms. The van der Waals surface area contributed by atoms with Crippen molar-refractivity contribution in [3.05, 3.63) is 76.0 Å². The summed E-state index contributed by atoms with van der Waals surface area (Å²) in [5.41, 5.74) is 2.69. The largest absolute Gasteiger partial charge is 0.507 e. The van der Waals surface area contributed by atoms with Gasteiger partial charge in [0.1, 0.15) is 17.1 Å². The van der Waals surface area contributed by atoms with Crippen molar-refractivity contribution in [2.24, 2.45) is 0 Å². The van der Waals surface area contributed by atoms with E-state index in [9.17, 15) is 9.90 Å². The lowest BCUT2D eigenvalue weighted by molar-refractivity contribution is 0.474. The van der Waals surface area contributed by atoms with E-state index in [1.54, 1.807) is 30.3 Å². The van der Waals surface area contributed by atoms with Crippen molar-refractivity contribution in [3.63, 3.8) is 0 Å². The molecule has 3 rings (SSSR count). The van der Waals surface area contributed by atoms with Crippen LogP contribution in [0.15, 0.2) is 69.4 Å². The Labute approximate surface area is 134 Å². The van der Waals surface area contributed by atoms with Gasteiger partial charge in [-0.15, -0.1) is 0 Å². The molecule has 3 heteroatoms. The maximum absolute atomic E-state index is 12.9. The quantitative estimate of drug-likeness (QED) is 0.715. The van der Waals surface area contributed by atoms with Gasteiger partial charge in [-0.2, -0.15) is 0 Å². The van der Waals surface area contributed by atoms with Crippen LogP contribution < -0.4 is 5.43 Å². The molecule has 0 radical (unpaired) electrons. The zero-order valence-corrected chi connectivity index (χ0v) is 13.2. The number of allylic oxidation sites excluding steroid dienone is 2. The Morgan fingerprint density at radius 1 is 1.09 bits per heavy atom. The Hall–Kier alpha value is -2.81. The second kappa shape index (κ2) is 6.13. The Balaban J connectivity index is 2.34. The lowest BCUT2D eigenvalue weighted by Crippen LogP contribution is -2.10. The zero-order chi connectivity index (χ0) is 16.4. The zero-order valence-electron chi connectivity index (χ0n) is 13.2. The number of fused-ring (bicyclic) bond motifs is 1. The van der Waals surface area contributed by atoms with Crippen LogP contribution in [0.2, 0.25) is 0 Å². The molecule has 0 saturated heterocycles. The number of hydrogen-bond donors (Lipinski definition) is 1. The van der Waals surface area contributed by atoms with Crippen LogP contribution in [-0.4, -0.2) is 5.11 Å². The van der Waals surface area contributed by atoms with Gasteiger partial charge in [-0.25, -0.2) is 0 Å². The monoisotopic (exact) mass is 306 g/mol. The van der Waals surface area contributed by atoms with E-state index in [1.807, 2.05) is 38.1 Å². The molecule has 1 aromatic heterocycles. The predicted molar refractivity (Wildman–Crippen MR) is 92.7 cm³/mol. The minimum Gasteiger partial charge on any atom is -0.507 e. The fourth-order valence-corrected chi connectivity index (χ4v) is 2.56. The molecule has 116 valence electrons. The number of hydrogen-bond acceptors (Lipinski definition) is 3. The van der Waals surface area contributed by atoms with Gasteiger partial charge >= 0.3 is 0 Å². The number of para-hydroxylation sites is 2. The van der Waals surface area contributed by atoms with Crippen molar-refractivity contribution in [1.29, 1.82) is 0 Å².